The van der Waals surface area contributed by atoms with E-state index in [-0.39, 0.29) is 0 Å². The molecule has 3 atom stereocenters. The molecule has 3 N–H and O–H groups in total. The minimum atomic E-state index is 0.451. The predicted molar refractivity (Wildman–Crippen MR) is 82.6 cm³/mol. The lowest BCUT2D eigenvalue weighted by atomic mass is 9.74. The SMILES string of the molecule is CCC1CCCC(C(NN)C2=CCCCCCC2)C1. The van der Waals surface area contributed by atoms with Gasteiger partial charge in [-0.2, -0.15) is 0 Å². The van der Waals surface area contributed by atoms with E-state index in [1.54, 1.807) is 5.57 Å². The van der Waals surface area contributed by atoms with Crippen molar-refractivity contribution in [3.63, 3.8) is 0 Å². The van der Waals surface area contributed by atoms with E-state index in [0.29, 0.717) is 6.04 Å². The van der Waals surface area contributed by atoms with Crippen LogP contribution in [0, 0.1) is 11.8 Å². The highest BCUT2D eigenvalue weighted by Gasteiger charge is 2.29. The minimum Gasteiger partial charge on any atom is -0.271 e. The van der Waals surface area contributed by atoms with Gasteiger partial charge in [0.05, 0.1) is 0 Å². The second-order valence-electron chi connectivity index (χ2n) is 6.58. The molecule has 2 aliphatic carbocycles. The molecule has 2 aliphatic rings. The van der Waals surface area contributed by atoms with Gasteiger partial charge in [0.15, 0.2) is 0 Å². The molecular formula is C17H32N2. The average molecular weight is 264 g/mol. The standard InChI is InChI=1S/C17H32N2/c1-2-14-9-8-12-16(13-14)17(19-18)15-10-6-4-3-5-7-11-15/h10,14,16-17,19H,2-9,11-13,18H2,1H3. The Morgan fingerprint density at radius 3 is 2.84 bits per heavy atom. The first-order valence-electron chi connectivity index (χ1n) is 8.50. The first-order chi connectivity index (χ1) is 9.35. The quantitative estimate of drug-likeness (QED) is 0.451. The van der Waals surface area contributed by atoms with Crippen LogP contribution in [0.15, 0.2) is 11.6 Å². The molecule has 0 amide bonds. The van der Waals surface area contributed by atoms with E-state index in [2.05, 4.69) is 18.4 Å². The van der Waals surface area contributed by atoms with E-state index in [1.165, 1.54) is 70.6 Å². The van der Waals surface area contributed by atoms with Crippen molar-refractivity contribution in [1.82, 2.24) is 5.43 Å². The fourth-order valence-corrected chi connectivity index (χ4v) is 4.05. The fourth-order valence-electron chi connectivity index (χ4n) is 4.05. The molecule has 0 aromatic carbocycles. The molecule has 1 fully saturated rings. The molecule has 110 valence electrons. The molecule has 1 saturated carbocycles. The number of nitrogens with two attached hydrogens (primary N) is 1. The van der Waals surface area contributed by atoms with Crippen LogP contribution in [-0.2, 0) is 0 Å². The summed E-state index contributed by atoms with van der Waals surface area (Å²) in [5, 5.41) is 0. The number of rotatable bonds is 4. The third-order valence-corrected chi connectivity index (χ3v) is 5.28. The molecule has 19 heavy (non-hydrogen) atoms. The maximum Gasteiger partial charge on any atom is 0.0448 e. The molecule has 0 spiro atoms. The molecule has 0 aliphatic heterocycles. The van der Waals surface area contributed by atoms with Crippen molar-refractivity contribution < 1.29 is 0 Å². The van der Waals surface area contributed by atoms with Crippen molar-refractivity contribution in [3.8, 4) is 0 Å². The Labute approximate surface area is 119 Å². The van der Waals surface area contributed by atoms with Crippen LogP contribution in [-0.4, -0.2) is 6.04 Å². The Morgan fingerprint density at radius 1 is 1.21 bits per heavy atom. The molecule has 0 bridgehead atoms. The highest BCUT2D eigenvalue weighted by Crippen LogP contribution is 2.36. The third kappa shape index (κ3) is 4.32. The first kappa shape index (κ1) is 15.1. The van der Waals surface area contributed by atoms with Gasteiger partial charge in [-0.05, 0) is 50.4 Å². The highest BCUT2D eigenvalue weighted by molar-refractivity contribution is 5.13. The highest BCUT2D eigenvalue weighted by atomic mass is 15.2. The van der Waals surface area contributed by atoms with E-state index in [1.807, 2.05) is 0 Å². The first-order valence-corrected chi connectivity index (χ1v) is 8.50. The summed E-state index contributed by atoms with van der Waals surface area (Å²) in [7, 11) is 0. The van der Waals surface area contributed by atoms with Gasteiger partial charge in [-0.25, -0.2) is 0 Å². The number of allylic oxidation sites excluding steroid dienone is 1. The van der Waals surface area contributed by atoms with Crippen molar-refractivity contribution in [1.29, 1.82) is 0 Å². The fraction of sp³-hybridized carbons (Fsp3) is 0.882. The minimum absolute atomic E-state index is 0.451. The smallest absolute Gasteiger partial charge is 0.0448 e. The van der Waals surface area contributed by atoms with Crippen LogP contribution >= 0.6 is 0 Å². The second-order valence-corrected chi connectivity index (χ2v) is 6.58. The van der Waals surface area contributed by atoms with Gasteiger partial charge in [-0.3, -0.25) is 11.3 Å². The van der Waals surface area contributed by atoms with E-state index in [4.69, 9.17) is 5.84 Å². The zero-order chi connectivity index (χ0) is 13.5. The van der Waals surface area contributed by atoms with Gasteiger partial charge in [0.2, 0.25) is 0 Å². The summed E-state index contributed by atoms with van der Waals surface area (Å²) in [5.41, 5.74) is 4.78. The van der Waals surface area contributed by atoms with Gasteiger partial charge in [-0.1, -0.05) is 50.7 Å². The molecule has 0 heterocycles. The van der Waals surface area contributed by atoms with Crippen molar-refractivity contribution >= 4 is 0 Å². The summed E-state index contributed by atoms with van der Waals surface area (Å²) in [5.74, 6) is 7.63. The topological polar surface area (TPSA) is 38.0 Å². The van der Waals surface area contributed by atoms with Crippen molar-refractivity contribution in [2.24, 2.45) is 17.7 Å². The Hall–Kier alpha value is -0.340. The van der Waals surface area contributed by atoms with Gasteiger partial charge in [0.1, 0.15) is 0 Å². The van der Waals surface area contributed by atoms with Crippen LogP contribution in [0.5, 0.6) is 0 Å². The molecular weight excluding hydrogens is 232 g/mol. The summed E-state index contributed by atoms with van der Waals surface area (Å²) in [6.07, 6.45) is 17.5. The lowest BCUT2D eigenvalue weighted by molar-refractivity contribution is 0.221. The van der Waals surface area contributed by atoms with Gasteiger partial charge in [0.25, 0.3) is 0 Å². The zero-order valence-corrected chi connectivity index (χ0v) is 12.7. The normalized spacial score (nSPS) is 31.2. The van der Waals surface area contributed by atoms with Crippen LogP contribution in [0.2, 0.25) is 0 Å². The van der Waals surface area contributed by atoms with E-state index < -0.39 is 0 Å². The number of nitrogens with one attached hydrogen (secondary N) is 1. The Morgan fingerprint density at radius 2 is 2.05 bits per heavy atom. The van der Waals surface area contributed by atoms with Crippen LogP contribution < -0.4 is 11.3 Å². The molecule has 2 rings (SSSR count). The summed E-state index contributed by atoms with van der Waals surface area (Å²) < 4.78 is 0. The van der Waals surface area contributed by atoms with Crippen LogP contribution in [0.3, 0.4) is 0 Å². The van der Waals surface area contributed by atoms with Gasteiger partial charge < -0.3 is 0 Å². The Kier molecular flexibility index (Phi) is 6.39. The van der Waals surface area contributed by atoms with E-state index in [9.17, 15) is 0 Å². The summed E-state index contributed by atoms with van der Waals surface area (Å²) in [6.45, 7) is 2.34. The molecule has 3 unspecified atom stereocenters. The number of hydrogen-bond acceptors (Lipinski definition) is 2. The Balaban J connectivity index is 2.00. The van der Waals surface area contributed by atoms with E-state index in [0.717, 1.165) is 11.8 Å². The monoisotopic (exact) mass is 264 g/mol. The molecule has 2 heteroatoms. The molecule has 0 radical (unpaired) electrons. The van der Waals surface area contributed by atoms with Crippen LogP contribution in [0.1, 0.15) is 77.6 Å². The molecule has 2 nitrogen and oxygen atoms in total. The average Bonchev–Trinajstić information content (AvgIpc) is 2.42. The second kappa shape index (κ2) is 8.06. The lowest BCUT2D eigenvalue weighted by Gasteiger charge is -2.35. The zero-order valence-electron chi connectivity index (χ0n) is 12.7. The van der Waals surface area contributed by atoms with Gasteiger partial charge >= 0.3 is 0 Å². The maximum absolute atomic E-state index is 5.92. The molecule has 0 aromatic rings. The Bertz CT molecular complexity index is 285. The van der Waals surface area contributed by atoms with Crippen LogP contribution in [0.4, 0.5) is 0 Å². The van der Waals surface area contributed by atoms with Gasteiger partial charge in [-0.15, -0.1) is 0 Å². The lowest BCUT2D eigenvalue weighted by Crippen LogP contribution is -2.44. The van der Waals surface area contributed by atoms with Gasteiger partial charge in [0, 0.05) is 6.04 Å². The van der Waals surface area contributed by atoms with Crippen molar-refractivity contribution in [3.05, 3.63) is 11.6 Å². The largest absolute Gasteiger partial charge is 0.271 e. The summed E-state index contributed by atoms with van der Waals surface area (Å²) >= 11 is 0. The summed E-state index contributed by atoms with van der Waals surface area (Å²) in [4.78, 5) is 0. The molecule has 0 saturated heterocycles. The van der Waals surface area contributed by atoms with Crippen molar-refractivity contribution in [2.75, 3.05) is 0 Å². The van der Waals surface area contributed by atoms with Crippen LogP contribution in [0.25, 0.3) is 0 Å². The van der Waals surface area contributed by atoms with E-state index >= 15 is 0 Å². The third-order valence-electron chi connectivity index (χ3n) is 5.28. The number of hydrogen-bond donors (Lipinski definition) is 2. The van der Waals surface area contributed by atoms with Crippen molar-refractivity contribution in [2.45, 2.75) is 83.6 Å². The summed E-state index contributed by atoms with van der Waals surface area (Å²) in [6, 6.07) is 0.451. The predicted octanol–water partition coefficient (Wildman–Crippen LogP) is 4.32. The number of hydrazine groups is 1. The maximum atomic E-state index is 5.92. The molecule has 0 aromatic heterocycles.